The van der Waals surface area contributed by atoms with Crippen LogP contribution in [0.2, 0.25) is 0 Å². The molecule has 0 saturated carbocycles. The minimum Gasteiger partial charge on any atom is -0.644 e. The van der Waals surface area contributed by atoms with Crippen molar-refractivity contribution in [3.8, 4) is 0 Å². The van der Waals surface area contributed by atoms with Gasteiger partial charge in [0.05, 0.1) is 11.5 Å². The average molecular weight is 467 g/mol. The first-order valence-electron chi connectivity index (χ1n) is 5.06. The summed E-state index contributed by atoms with van der Waals surface area (Å²) in [4.78, 5) is 10.9. The minimum atomic E-state index is -0.765. The molecule has 0 aromatic rings. The molecule has 1 unspecified atom stereocenters. The zero-order chi connectivity index (χ0) is 10.6. The topological polar surface area (TPSA) is 51.4 Å². The van der Waals surface area contributed by atoms with Crippen LogP contribution in [0.5, 0.6) is 0 Å². The predicted molar refractivity (Wildman–Crippen MR) is 53.8 cm³/mol. The molecule has 1 spiro atoms. The summed E-state index contributed by atoms with van der Waals surface area (Å²) in [5.41, 5.74) is -1.07. The third-order valence-corrected chi connectivity index (χ3v) is 3.94. The molecule has 1 radical (unpaired) electrons. The van der Waals surface area contributed by atoms with Gasteiger partial charge in [-0.3, -0.25) is 0 Å². The van der Waals surface area contributed by atoms with Crippen LogP contribution in [-0.2, 0) is 58.6 Å². The van der Waals surface area contributed by atoms with E-state index < -0.39 is 5.60 Å². The number of β-lactam (4-membered cyclic amide) rings is 1. The molecule has 0 bridgehead atoms. The van der Waals surface area contributed by atoms with Gasteiger partial charge in [-0.25, -0.2) is 0 Å². The van der Waals surface area contributed by atoms with Crippen LogP contribution < -0.4 is 0 Å². The second kappa shape index (κ2) is 5.30. The number of carbonyl (C=O) groups excluding carboxylic acids is 1. The molecule has 1 saturated heterocycles. The van der Waals surface area contributed by atoms with Crippen molar-refractivity contribution < 1.29 is 63.7 Å². The van der Waals surface area contributed by atoms with Crippen LogP contribution in [0.1, 0.15) is 27.2 Å². The van der Waals surface area contributed by atoms with E-state index in [2.05, 4.69) is 12.2 Å². The van der Waals surface area contributed by atoms with E-state index in [0.717, 1.165) is 0 Å². The van der Waals surface area contributed by atoms with Gasteiger partial charge in [0.15, 0.2) is 0 Å². The summed E-state index contributed by atoms with van der Waals surface area (Å²) in [6.45, 7) is 5.87. The maximum absolute atomic E-state index is 10.9. The van der Waals surface area contributed by atoms with E-state index in [-0.39, 0.29) is 77.1 Å². The van der Waals surface area contributed by atoms with E-state index in [1.807, 2.05) is 13.0 Å². The Bertz CT molecular complexity index is 309. The molecule has 0 aromatic heterocycles. The Morgan fingerprint density at radius 2 is 1.88 bits per heavy atom. The van der Waals surface area contributed by atoms with Gasteiger partial charge in [0.1, 0.15) is 0 Å². The Hall–Kier alpha value is 0.962. The van der Waals surface area contributed by atoms with Crippen molar-refractivity contribution in [3.05, 3.63) is 17.5 Å². The molecule has 2 rings (SSSR count). The third kappa shape index (κ3) is 2.53. The molecular formula is C11H16NO2WY-. The van der Waals surface area contributed by atoms with Crippen LogP contribution >= 0.6 is 0 Å². The Labute approximate surface area is 136 Å². The van der Waals surface area contributed by atoms with Gasteiger partial charge in [-0.2, -0.15) is 0 Å². The zero-order valence-corrected chi connectivity index (χ0v) is 15.6. The van der Waals surface area contributed by atoms with E-state index >= 15 is 0 Å². The average Bonchev–Trinajstić information content (AvgIpc) is 2.05. The first kappa shape index (κ1) is 17.0. The number of nitrogens with zero attached hydrogens (tertiary/aromatic N) is 1. The predicted octanol–water partition coefficient (Wildman–Crippen LogP) is 1.62. The fourth-order valence-corrected chi connectivity index (χ4v) is 2.38. The van der Waals surface area contributed by atoms with Crippen molar-refractivity contribution >= 4 is 5.91 Å². The van der Waals surface area contributed by atoms with Crippen LogP contribution in [0.25, 0.3) is 5.32 Å². The molecule has 1 aliphatic carbocycles. The van der Waals surface area contributed by atoms with Crippen molar-refractivity contribution in [2.75, 3.05) is 0 Å². The second-order valence-corrected chi connectivity index (χ2v) is 4.81. The van der Waals surface area contributed by atoms with E-state index in [9.17, 15) is 9.90 Å². The van der Waals surface area contributed by atoms with Crippen molar-refractivity contribution in [3.63, 3.8) is 0 Å². The van der Waals surface area contributed by atoms with Crippen LogP contribution in [0.4, 0.5) is 0 Å². The van der Waals surface area contributed by atoms with Gasteiger partial charge in [0.2, 0.25) is 0 Å². The van der Waals surface area contributed by atoms with Crippen molar-refractivity contribution in [2.45, 2.75) is 38.3 Å². The van der Waals surface area contributed by atoms with Gasteiger partial charge >= 0.3 is 0 Å². The number of rotatable bonds is 0. The van der Waals surface area contributed by atoms with Crippen LogP contribution in [0, 0.1) is 11.8 Å². The largest absolute Gasteiger partial charge is 0.644 e. The summed E-state index contributed by atoms with van der Waals surface area (Å²) in [5, 5.41) is 14.1. The second-order valence-electron chi connectivity index (χ2n) is 4.81. The Balaban J connectivity index is 0.00000112. The summed E-state index contributed by atoms with van der Waals surface area (Å²) >= 11 is 0. The Morgan fingerprint density at radius 1 is 1.38 bits per heavy atom. The summed E-state index contributed by atoms with van der Waals surface area (Å²) in [5.74, 6) is 0.333. The van der Waals surface area contributed by atoms with Crippen molar-refractivity contribution in [1.82, 2.24) is 0 Å². The molecular weight excluding hydrogens is 451 g/mol. The molecule has 16 heavy (non-hydrogen) atoms. The Morgan fingerprint density at radius 3 is 2.31 bits per heavy atom. The molecule has 1 N–H and O–H groups in total. The number of aliphatic hydroxyl groups is 1. The first-order chi connectivity index (χ1) is 6.37. The maximum atomic E-state index is 10.9. The SMILES string of the molecule is C[C@@H]1[C@H](C)[C@](C)(O)C=CC12CC(=O)[N-]2.[W].[Y]. The van der Waals surface area contributed by atoms with Gasteiger partial charge in [-0.1, -0.05) is 31.5 Å². The van der Waals surface area contributed by atoms with E-state index in [4.69, 9.17) is 0 Å². The fourth-order valence-electron chi connectivity index (χ4n) is 2.38. The Kier molecular flexibility index (Phi) is 5.62. The van der Waals surface area contributed by atoms with Gasteiger partial charge in [0.25, 0.3) is 0 Å². The van der Waals surface area contributed by atoms with Crippen LogP contribution in [-0.4, -0.2) is 22.2 Å². The molecule has 1 aliphatic heterocycles. The zero-order valence-electron chi connectivity index (χ0n) is 9.80. The van der Waals surface area contributed by atoms with E-state index in [0.29, 0.717) is 6.42 Å². The van der Waals surface area contributed by atoms with E-state index in [1.54, 1.807) is 13.0 Å². The fraction of sp³-hybridized carbons (Fsp3) is 0.727. The smallest absolute Gasteiger partial charge is 0.0827 e. The molecule has 4 atom stereocenters. The normalized spacial score (nSPS) is 45.1. The summed E-state index contributed by atoms with van der Waals surface area (Å²) in [6.07, 6.45) is 4.19. The molecule has 3 nitrogen and oxygen atoms in total. The number of amides is 1. The molecule has 2 aliphatic rings. The summed E-state index contributed by atoms with van der Waals surface area (Å²) in [7, 11) is 0. The quantitative estimate of drug-likeness (QED) is 0.435. The maximum Gasteiger partial charge on any atom is 0.0827 e. The number of carbonyl (C=O) groups is 1. The molecule has 5 heteroatoms. The van der Waals surface area contributed by atoms with Crippen LogP contribution in [0.3, 0.4) is 0 Å². The summed E-state index contributed by atoms with van der Waals surface area (Å²) < 4.78 is 0. The molecule has 87 valence electrons. The monoisotopic (exact) mass is 467 g/mol. The number of hydrogen-bond donors (Lipinski definition) is 1. The van der Waals surface area contributed by atoms with Gasteiger partial charge in [0, 0.05) is 53.8 Å². The molecule has 1 heterocycles. The standard InChI is InChI=1S/C11H17NO2.W.Y/c1-7-8(2)11(6-9(13)12-11)5-4-10(7,3)14;;/h4-5,7-8,14H,6H2,1-3H3,(H,12,13);;/p-1/t7-,8+,10+,11?;;/m0../s1. The van der Waals surface area contributed by atoms with Crippen molar-refractivity contribution in [2.24, 2.45) is 11.8 Å². The minimum absolute atomic E-state index is 0. The first-order valence-corrected chi connectivity index (χ1v) is 5.06. The number of hydrogen-bond acceptors (Lipinski definition) is 2. The van der Waals surface area contributed by atoms with Gasteiger partial charge in [-0.05, 0) is 25.2 Å². The molecule has 1 amide bonds. The van der Waals surface area contributed by atoms with Gasteiger partial charge in [-0.15, -0.1) is 0 Å². The van der Waals surface area contributed by atoms with Crippen LogP contribution in [0.15, 0.2) is 12.2 Å². The summed E-state index contributed by atoms with van der Waals surface area (Å²) in [6, 6.07) is 0. The van der Waals surface area contributed by atoms with E-state index in [1.165, 1.54) is 0 Å². The molecule has 0 aromatic carbocycles. The third-order valence-electron chi connectivity index (χ3n) is 3.94. The van der Waals surface area contributed by atoms with Crippen molar-refractivity contribution in [1.29, 1.82) is 0 Å². The van der Waals surface area contributed by atoms with Gasteiger partial charge < -0.3 is 15.2 Å². The molecule has 1 fully saturated rings.